The number of likely N-dealkylation sites (N-methyl/N-ethyl adjacent to an activating group) is 1. The van der Waals surface area contributed by atoms with Gasteiger partial charge in [-0.15, -0.1) is 0 Å². The number of fused-ring (bicyclic) bond motifs is 1. The zero-order chi connectivity index (χ0) is 15.4. The maximum absolute atomic E-state index is 12.1. The van der Waals surface area contributed by atoms with Crippen molar-refractivity contribution in [2.24, 2.45) is 0 Å². The first-order chi connectivity index (χ1) is 10.0. The molecule has 3 N–H and O–H groups in total. The summed E-state index contributed by atoms with van der Waals surface area (Å²) < 4.78 is 0. The van der Waals surface area contributed by atoms with E-state index in [1.54, 1.807) is 31.2 Å². The standard InChI is InChI=1S/C14H17N3O4/c1-2-15-12(18)7-16-14(21)17-8-10(13(19)20)9-5-3-4-6-11(9)17/h3-6,10H,2,7-8H2,1H3,(H,15,18)(H,16,21)(H,19,20). The van der Waals surface area contributed by atoms with E-state index >= 15 is 0 Å². The quantitative estimate of drug-likeness (QED) is 0.753. The average molecular weight is 291 g/mol. The average Bonchev–Trinajstić information content (AvgIpc) is 2.85. The number of carbonyl (C=O) groups is 3. The van der Waals surface area contributed by atoms with Crippen LogP contribution in [0.15, 0.2) is 24.3 Å². The van der Waals surface area contributed by atoms with Gasteiger partial charge in [0.25, 0.3) is 0 Å². The van der Waals surface area contributed by atoms with Crippen molar-refractivity contribution in [3.8, 4) is 0 Å². The molecule has 0 aliphatic carbocycles. The number of hydrogen-bond donors (Lipinski definition) is 3. The van der Waals surface area contributed by atoms with Crippen molar-refractivity contribution >= 4 is 23.6 Å². The summed E-state index contributed by atoms with van der Waals surface area (Å²) >= 11 is 0. The molecule has 0 saturated carbocycles. The van der Waals surface area contributed by atoms with Crippen molar-refractivity contribution in [3.63, 3.8) is 0 Å². The van der Waals surface area contributed by atoms with Crippen molar-refractivity contribution in [3.05, 3.63) is 29.8 Å². The van der Waals surface area contributed by atoms with Crippen LogP contribution in [0.4, 0.5) is 10.5 Å². The van der Waals surface area contributed by atoms with Gasteiger partial charge in [0.2, 0.25) is 5.91 Å². The minimum Gasteiger partial charge on any atom is -0.481 e. The molecule has 0 saturated heterocycles. The van der Waals surface area contributed by atoms with Crippen LogP contribution in [-0.4, -0.2) is 42.6 Å². The van der Waals surface area contributed by atoms with E-state index in [0.29, 0.717) is 17.8 Å². The van der Waals surface area contributed by atoms with Gasteiger partial charge in [0.15, 0.2) is 0 Å². The highest BCUT2D eigenvalue weighted by atomic mass is 16.4. The zero-order valence-electron chi connectivity index (χ0n) is 11.6. The molecule has 1 unspecified atom stereocenters. The zero-order valence-corrected chi connectivity index (χ0v) is 11.6. The summed E-state index contributed by atoms with van der Waals surface area (Å²) in [5.74, 6) is -1.99. The molecule has 2 rings (SSSR count). The molecule has 0 bridgehead atoms. The fourth-order valence-corrected chi connectivity index (χ4v) is 2.32. The van der Waals surface area contributed by atoms with Crippen molar-refractivity contribution in [1.82, 2.24) is 10.6 Å². The Morgan fingerprint density at radius 3 is 2.67 bits per heavy atom. The largest absolute Gasteiger partial charge is 0.481 e. The van der Waals surface area contributed by atoms with Crippen molar-refractivity contribution in [2.45, 2.75) is 12.8 Å². The number of anilines is 1. The summed E-state index contributed by atoms with van der Waals surface area (Å²) in [4.78, 5) is 36.1. The smallest absolute Gasteiger partial charge is 0.322 e. The number of urea groups is 1. The number of carboxylic acid groups (broad SMARTS) is 1. The van der Waals surface area contributed by atoms with E-state index in [2.05, 4.69) is 10.6 Å². The molecule has 0 fully saturated rings. The van der Waals surface area contributed by atoms with Crippen LogP contribution in [0.3, 0.4) is 0 Å². The Balaban J connectivity index is 2.09. The van der Waals surface area contributed by atoms with Crippen molar-refractivity contribution in [2.75, 3.05) is 24.5 Å². The molecule has 0 spiro atoms. The van der Waals surface area contributed by atoms with Crippen molar-refractivity contribution in [1.29, 1.82) is 0 Å². The molecule has 0 aromatic heterocycles. The lowest BCUT2D eigenvalue weighted by Crippen LogP contribution is -2.44. The molecular formula is C14H17N3O4. The topological polar surface area (TPSA) is 98.7 Å². The predicted molar refractivity (Wildman–Crippen MR) is 76.2 cm³/mol. The number of rotatable bonds is 4. The Hall–Kier alpha value is -2.57. The number of amides is 3. The Bertz CT molecular complexity index is 573. The molecule has 112 valence electrons. The Labute approximate surface area is 121 Å². The van der Waals surface area contributed by atoms with Crippen LogP contribution < -0.4 is 15.5 Å². The highest BCUT2D eigenvalue weighted by Gasteiger charge is 2.36. The van der Waals surface area contributed by atoms with E-state index in [-0.39, 0.29) is 19.0 Å². The van der Waals surface area contributed by atoms with Crippen LogP contribution in [-0.2, 0) is 9.59 Å². The lowest BCUT2D eigenvalue weighted by Gasteiger charge is -2.18. The Morgan fingerprint density at radius 1 is 1.29 bits per heavy atom. The number of benzene rings is 1. The van der Waals surface area contributed by atoms with Gasteiger partial charge in [-0.25, -0.2) is 4.79 Å². The predicted octanol–water partition coefficient (Wildman–Crippen LogP) is 0.521. The number of hydrogen-bond acceptors (Lipinski definition) is 3. The number of carboxylic acids is 1. The SMILES string of the molecule is CCNC(=O)CNC(=O)N1CC(C(=O)O)c2ccccc21. The molecule has 3 amide bonds. The molecule has 1 aromatic rings. The molecule has 1 heterocycles. The summed E-state index contributed by atoms with van der Waals surface area (Å²) in [6.07, 6.45) is 0. The Kier molecular flexibility index (Phi) is 4.42. The highest BCUT2D eigenvalue weighted by molar-refractivity contribution is 5.99. The molecule has 7 nitrogen and oxygen atoms in total. The maximum atomic E-state index is 12.1. The van der Waals surface area contributed by atoms with Gasteiger partial charge < -0.3 is 15.7 Å². The molecular weight excluding hydrogens is 274 g/mol. The second-order valence-electron chi connectivity index (χ2n) is 4.67. The Morgan fingerprint density at radius 2 is 2.00 bits per heavy atom. The number of para-hydroxylation sites is 1. The number of nitrogens with zero attached hydrogens (tertiary/aromatic N) is 1. The highest BCUT2D eigenvalue weighted by Crippen LogP contribution is 2.36. The minimum absolute atomic E-state index is 0.0654. The van der Waals surface area contributed by atoms with E-state index < -0.39 is 17.9 Å². The van der Waals surface area contributed by atoms with Crippen LogP contribution in [0, 0.1) is 0 Å². The van der Waals surface area contributed by atoms with Crippen LogP contribution in [0.2, 0.25) is 0 Å². The van der Waals surface area contributed by atoms with Gasteiger partial charge in [0.05, 0.1) is 6.54 Å². The fourth-order valence-electron chi connectivity index (χ4n) is 2.32. The van der Waals surface area contributed by atoms with Crippen LogP contribution in [0.25, 0.3) is 0 Å². The summed E-state index contributed by atoms with van der Waals surface area (Å²) in [7, 11) is 0. The van der Waals surface area contributed by atoms with Crippen molar-refractivity contribution < 1.29 is 19.5 Å². The first kappa shape index (κ1) is 14.8. The molecule has 1 aliphatic rings. The van der Waals surface area contributed by atoms with E-state index in [0.717, 1.165) is 0 Å². The van der Waals surface area contributed by atoms with E-state index in [9.17, 15) is 19.5 Å². The van der Waals surface area contributed by atoms with Gasteiger partial charge in [0, 0.05) is 18.8 Å². The molecule has 21 heavy (non-hydrogen) atoms. The summed E-state index contributed by atoms with van der Waals surface area (Å²) in [5, 5.41) is 14.3. The second kappa shape index (κ2) is 6.25. The van der Waals surface area contributed by atoms with Gasteiger partial charge in [-0.3, -0.25) is 14.5 Å². The van der Waals surface area contributed by atoms with Gasteiger partial charge in [0.1, 0.15) is 5.92 Å². The van der Waals surface area contributed by atoms with Crippen LogP contribution in [0.5, 0.6) is 0 Å². The fraction of sp³-hybridized carbons (Fsp3) is 0.357. The van der Waals surface area contributed by atoms with Gasteiger partial charge >= 0.3 is 12.0 Å². The number of nitrogens with one attached hydrogen (secondary N) is 2. The van der Waals surface area contributed by atoms with E-state index in [1.807, 2.05) is 0 Å². The normalized spacial score (nSPS) is 16.2. The second-order valence-corrected chi connectivity index (χ2v) is 4.67. The van der Waals surface area contributed by atoms with Crippen LogP contribution in [0.1, 0.15) is 18.4 Å². The third-order valence-corrected chi connectivity index (χ3v) is 3.29. The summed E-state index contributed by atoms with van der Waals surface area (Å²) in [6.45, 7) is 2.20. The third-order valence-electron chi connectivity index (χ3n) is 3.29. The minimum atomic E-state index is -0.971. The first-order valence-electron chi connectivity index (χ1n) is 6.68. The summed E-state index contributed by atoms with van der Waals surface area (Å²) in [5.41, 5.74) is 1.18. The molecule has 1 atom stereocenters. The molecule has 7 heteroatoms. The monoisotopic (exact) mass is 291 g/mol. The van der Waals surface area contributed by atoms with Crippen LogP contribution >= 0.6 is 0 Å². The lowest BCUT2D eigenvalue weighted by molar-refractivity contribution is -0.138. The van der Waals surface area contributed by atoms with Gasteiger partial charge in [-0.05, 0) is 18.6 Å². The van der Waals surface area contributed by atoms with Gasteiger partial charge in [-0.1, -0.05) is 18.2 Å². The number of carbonyl (C=O) groups excluding carboxylic acids is 2. The van der Waals surface area contributed by atoms with E-state index in [4.69, 9.17) is 0 Å². The van der Waals surface area contributed by atoms with Gasteiger partial charge in [-0.2, -0.15) is 0 Å². The number of aliphatic carboxylic acids is 1. The summed E-state index contributed by atoms with van der Waals surface area (Å²) in [6, 6.07) is 6.41. The lowest BCUT2D eigenvalue weighted by atomic mass is 10.0. The van der Waals surface area contributed by atoms with E-state index in [1.165, 1.54) is 4.90 Å². The third kappa shape index (κ3) is 3.13. The first-order valence-corrected chi connectivity index (χ1v) is 6.68. The molecule has 1 aromatic carbocycles. The molecule has 0 radical (unpaired) electrons. The maximum Gasteiger partial charge on any atom is 0.322 e. The molecule has 1 aliphatic heterocycles.